The van der Waals surface area contributed by atoms with Crippen LogP contribution in [0, 0.1) is 0 Å². The smallest absolute Gasteiger partial charge is 0.339 e. The number of esters is 1. The number of fused-ring (bicyclic) bond motifs is 1. The summed E-state index contributed by atoms with van der Waals surface area (Å²) >= 11 is 0. The van der Waals surface area contributed by atoms with E-state index in [1.807, 2.05) is 12.1 Å². The van der Waals surface area contributed by atoms with Gasteiger partial charge in [-0.25, -0.2) is 4.79 Å². The molecule has 0 amide bonds. The second-order valence-electron chi connectivity index (χ2n) is 4.59. The van der Waals surface area contributed by atoms with Crippen LogP contribution < -0.4 is 5.73 Å². The van der Waals surface area contributed by atoms with E-state index in [1.54, 1.807) is 6.07 Å². The maximum absolute atomic E-state index is 11.6. The maximum Gasteiger partial charge on any atom is 0.339 e. The molecule has 1 aliphatic rings. The van der Waals surface area contributed by atoms with Crippen molar-refractivity contribution < 1.29 is 9.53 Å². The first-order valence-electron chi connectivity index (χ1n) is 6.32. The van der Waals surface area contributed by atoms with Crippen molar-refractivity contribution in [2.75, 3.05) is 5.73 Å². The van der Waals surface area contributed by atoms with E-state index in [0.717, 1.165) is 18.4 Å². The summed E-state index contributed by atoms with van der Waals surface area (Å²) in [7, 11) is 0. The van der Waals surface area contributed by atoms with Crippen molar-refractivity contribution in [2.24, 2.45) is 0 Å². The van der Waals surface area contributed by atoms with Crippen molar-refractivity contribution in [3.63, 3.8) is 0 Å². The highest BCUT2D eigenvalue weighted by Crippen LogP contribution is 2.35. The van der Waals surface area contributed by atoms with Gasteiger partial charge in [0.15, 0.2) is 0 Å². The first kappa shape index (κ1) is 12.0. The molecule has 0 spiro atoms. The molecular formula is C14H19NO2. The van der Waals surface area contributed by atoms with Gasteiger partial charge in [0, 0.05) is 11.3 Å². The standard InChI is InChI=1S/C14H19NO2/c1-2-3-4-5-6-13-11-8-7-10(15)9-12(11)14(16)17-13/h7-9,13H,2-6,15H2,1H3. The predicted molar refractivity (Wildman–Crippen MR) is 67.8 cm³/mol. The summed E-state index contributed by atoms with van der Waals surface area (Å²) in [5.41, 5.74) is 7.93. The summed E-state index contributed by atoms with van der Waals surface area (Å²) in [4.78, 5) is 11.6. The Morgan fingerprint density at radius 1 is 1.29 bits per heavy atom. The average Bonchev–Trinajstić information content (AvgIpc) is 2.62. The maximum atomic E-state index is 11.6. The molecule has 0 bridgehead atoms. The number of hydrogen-bond donors (Lipinski definition) is 1. The molecule has 0 aromatic heterocycles. The van der Waals surface area contributed by atoms with Crippen LogP contribution in [0.2, 0.25) is 0 Å². The number of cyclic esters (lactones) is 1. The lowest BCUT2D eigenvalue weighted by Crippen LogP contribution is -1.98. The lowest BCUT2D eigenvalue weighted by Gasteiger charge is -2.10. The number of ether oxygens (including phenoxy) is 1. The highest BCUT2D eigenvalue weighted by Gasteiger charge is 2.30. The summed E-state index contributed by atoms with van der Waals surface area (Å²) in [6, 6.07) is 5.46. The average molecular weight is 233 g/mol. The number of nitrogen functional groups attached to an aromatic ring is 1. The van der Waals surface area contributed by atoms with Crippen LogP contribution in [0.5, 0.6) is 0 Å². The van der Waals surface area contributed by atoms with Gasteiger partial charge in [0.2, 0.25) is 0 Å². The van der Waals surface area contributed by atoms with E-state index in [2.05, 4.69) is 6.92 Å². The Kier molecular flexibility index (Phi) is 3.67. The normalized spacial score (nSPS) is 17.9. The Hall–Kier alpha value is -1.51. The zero-order valence-electron chi connectivity index (χ0n) is 10.2. The van der Waals surface area contributed by atoms with Crippen molar-refractivity contribution in [1.29, 1.82) is 0 Å². The van der Waals surface area contributed by atoms with Crippen molar-refractivity contribution in [3.8, 4) is 0 Å². The number of rotatable bonds is 5. The molecule has 0 aliphatic carbocycles. The van der Waals surface area contributed by atoms with Gasteiger partial charge in [0.05, 0.1) is 5.56 Å². The van der Waals surface area contributed by atoms with Crippen LogP contribution in [0.4, 0.5) is 5.69 Å². The molecule has 92 valence electrons. The second kappa shape index (κ2) is 5.21. The van der Waals surface area contributed by atoms with Gasteiger partial charge < -0.3 is 10.5 Å². The van der Waals surface area contributed by atoms with Gasteiger partial charge in [-0.1, -0.05) is 32.3 Å². The van der Waals surface area contributed by atoms with Gasteiger partial charge in [-0.05, 0) is 25.0 Å². The third-order valence-electron chi connectivity index (χ3n) is 3.21. The molecule has 2 N–H and O–H groups in total. The molecule has 3 nitrogen and oxygen atoms in total. The van der Waals surface area contributed by atoms with Gasteiger partial charge in [0.25, 0.3) is 0 Å². The van der Waals surface area contributed by atoms with Crippen LogP contribution in [-0.4, -0.2) is 5.97 Å². The third-order valence-corrected chi connectivity index (χ3v) is 3.21. The van der Waals surface area contributed by atoms with Gasteiger partial charge in [-0.3, -0.25) is 0 Å². The van der Waals surface area contributed by atoms with E-state index in [9.17, 15) is 4.79 Å². The Morgan fingerprint density at radius 3 is 2.88 bits per heavy atom. The van der Waals surface area contributed by atoms with E-state index in [0.29, 0.717) is 11.3 Å². The molecule has 0 saturated heterocycles. The largest absolute Gasteiger partial charge is 0.454 e. The van der Waals surface area contributed by atoms with E-state index >= 15 is 0 Å². The minimum absolute atomic E-state index is 0.0602. The fraction of sp³-hybridized carbons (Fsp3) is 0.500. The fourth-order valence-electron chi connectivity index (χ4n) is 2.26. The summed E-state index contributed by atoms with van der Waals surface area (Å²) in [6.07, 6.45) is 5.63. The van der Waals surface area contributed by atoms with Gasteiger partial charge >= 0.3 is 5.97 Å². The van der Waals surface area contributed by atoms with Crippen LogP contribution in [0.3, 0.4) is 0 Å². The van der Waals surface area contributed by atoms with Crippen molar-refractivity contribution in [3.05, 3.63) is 29.3 Å². The molecule has 1 unspecified atom stereocenters. The third kappa shape index (κ3) is 2.60. The molecule has 1 heterocycles. The van der Waals surface area contributed by atoms with Gasteiger partial charge in [-0.15, -0.1) is 0 Å². The first-order valence-corrected chi connectivity index (χ1v) is 6.32. The number of carbonyl (C=O) groups excluding carboxylic acids is 1. The molecular weight excluding hydrogens is 214 g/mol. The molecule has 1 aromatic rings. The van der Waals surface area contributed by atoms with Crippen LogP contribution in [-0.2, 0) is 4.74 Å². The monoisotopic (exact) mass is 233 g/mol. The molecule has 1 atom stereocenters. The lowest BCUT2D eigenvalue weighted by atomic mass is 10.00. The molecule has 3 heteroatoms. The van der Waals surface area contributed by atoms with Crippen molar-refractivity contribution in [1.82, 2.24) is 0 Å². The number of carbonyl (C=O) groups is 1. The number of unbranched alkanes of at least 4 members (excludes halogenated alkanes) is 3. The summed E-state index contributed by atoms with van der Waals surface area (Å²) in [5, 5.41) is 0. The minimum atomic E-state index is -0.229. The fourth-order valence-corrected chi connectivity index (χ4v) is 2.26. The van der Waals surface area contributed by atoms with Crippen molar-refractivity contribution >= 4 is 11.7 Å². The van der Waals surface area contributed by atoms with Crippen LogP contribution in [0.15, 0.2) is 18.2 Å². The van der Waals surface area contributed by atoms with Gasteiger partial charge in [0.1, 0.15) is 6.10 Å². The zero-order chi connectivity index (χ0) is 12.3. The zero-order valence-corrected chi connectivity index (χ0v) is 10.2. The summed E-state index contributed by atoms with van der Waals surface area (Å²) in [5.74, 6) is -0.229. The second-order valence-corrected chi connectivity index (χ2v) is 4.59. The van der Waals surface area contributed by atoms with E-state index < -0.39 is 0 Å². The van der Waals surface area contributed by atoms with E-state index in [-0.39, 0.29) is 12.1 Å². The number of hydrogen-bond acceptors (Lipinski definition) is 3. The Bertz CT molecular complexity index is 415. The summed E-state index contributed by atoms with van der Waals surface area (Å²) < 4.78 is 5.37. The molecule has 1 aliphatic heterocycles. The number of nitrogens with two attached hydrogens (primary N) is 1. The lowest BCUT2D eigenvalue weighted by molar-refractivity contribution is 0.0363. The Labute approximate surface area is 102 Å². The minimum Gasteiger partial charge on any atom is -0.454 e. The number of anilines is 1. The first-order chi connectivity index (χ1) is 8.22. The Balaban J connectivity index is 2.01. The molecule has 0 saturated carbocycles. The molecule has 1 aromatic carbocycles. The topological polar surface area (TPSA) is 52.3 Å². The van der Waals surface area contributed by atoms with Gasteiger partial charge in [-0.2, -0.15) is 0 Å². The van der Waals surface area contributed by atoms with E-state index in [1.165, 1.54) is 19.3 Å². The highest BCUT2D eigenvalue weighted by atomic mass is 16.5. The van der Waals surface area contributed by atoms with Crippen LogP contribution in [0.25, 0.3) is 0 Å². The van der Waals surface area contributed by atoms with E-state index in [4.69, 9.17) is 10.5 Å². The quantitative estimate of drug-likeness (QED) is 0.481. The molecule has 17 heavy (non-hydrogen) atoms. The predicted octanol–water partition coefficient (Wildman–Crippen LogP) is 3.45. The summed E-state index contributed by atoms with van der Waals surface area (Å²) in [6.45, 7) is 2.19. The Morgan fingerprint density at radius 2 is 2.12 bits per heavy atom. The molecule has 0 radical (unpaired) electrons. The van der Waals surface area contributed by atoms with Crippen LogP contribution >= 0.6 is 0 Å². The van der Waals surface area contributed by atoms with Crippen molar-refractivity contribution in [2.45, 2.75) is 45.1 Å². The molecule has 2 rings (SSSR count). The molecule has 0 fully saturated rings. The highest BCUT2D eigenvalue weighted by molar-refractivity contribution is 5.95. The SMILES string of the molecule is CCCCCCC1OC(=O)c2cc(N)ccc21. The number of benzene rings is 1. The van der Waals surface area contributed by atoms with Crippen LogP contribution in [0.1, 0.15) is 61.1 Å².